The first-order valence-corrected chi connectivity index (χ1v) is 5.26. The van der Waals surface area contributed by atoms with Crippen molar-refractivity contribution in [2.45, 2.75) is 0 Å². The van der Waals surface area contributed by atoms with Crippen molar-refractivity contribution in [1.82, 2.24) is 0 Å². The minimum atomic E-state index is -0.285. The molecule has 0 aliphatic rings. The second-order valence-electron chi connectivity index (χ2n) is 3.46. The molecule has 0 amide bonds. The van der Waals surface area contributed by atoms with E-state index < -0.39 is 0 Å². The largest absolute Gasteiger partial charge is 0.207 e. The van der Waals surface area contributed by atoms with Gasteiger partial charge in [-0.05, 0) is 35.4 Å². The number of rotatable bonds is 2. The minimum absolute atomic E-state index is 0.285. The maximum Gasteiger partial charge on any atom is 0.124 e. The van der Waals surface area contributed by atoms with Gasteiger partial charge in [-0.3, -0.25) is 0 Å². The van der Waals surface area contributed by atoms with Gasteiger partial charge in [0.1, 0.15) is 5.82 Å². The predicted molar refractivity (Wildman–Crippen MR) is 66.9 cm³/mol. The Morgan fingerprint density at radius 3 is 2.56 bits per heavy atom. The molecule has 2 heteroatoms. The molecule has 80 valence electrons. The van der Waals surface area contributed by atoms with E-state index in [1.54, 1.807) is 12.1 Å². The van der Waals surface area contributed by atoms with Crippen LogP contribution in [-0.4, -0.2) is 0 Å². The predicted octanol–water partition coefficient (Wildman–Crippen LogP) is 4.79. The van der Waals surface area contributed by atoms with Crippen LogP contribution in [0.4, 0.5) is 4.39 Å². The summed E-state index contributed by atoms with van der Waals surface area (Å²) in [7, 11) is 0. The maximum absolute atomic E-state index is 13.3. The van der Waals surface area contributed by atoms with Crippen LogP contribution in [0.15, 0.2) is 49.0 Å². The number of hydrogen-bond acceptors (Lipinski definition) is 0. The van der Waals surface area contributed by atoms with Crippen LogP contribution in [0.3, 0.4) is 0 Å². The first kappa shape index (κ1) is 10.9. The van der Waals surface area contributed by atoms with Crippen LogP contribution in [0, 0.1) is 5.82 Å². The van der Waals surface area contributed by atoms with Crippen molar-refractivity contribution in [1.29, 1.82) is 0 Å². The van der Waals surface area contributed by atoms with E-state index in [2.05, 4.69) is 6.58 Å². The molecule has 0 unspecified atom stereocenters. The van der Waals surface area contributed by atoms with Crippen molar-refractivity contribution >= 4 is 17.7 Å². The van der Waals surface area contributed by atoms with E-state index in [1.165, 1.54) is 12.1 Å². The van der Waals surface area contributed by atoms with Crippen LogP contribution in [0.25, 0.3) is 17.2 Å². The molecule has 0 bridgehead atoms. The molecule has 0 N–H and O–H groups in total. The fourth-order valence-corrected chi connectivity index (χ4v) is 1.83. The minimum Gasteiger partial charge on any atom is -0.207 e. The molecule has 0 spiro atoms. The Kier molecular flexibility index (Phi) is 3.07. The zero-order chi connectivity index (χ0) is 11.5. The van der Waals surface area contributed by atoms with Gasteiger partial charge in [-0.1, -0.05) is 42.5 Å². The van der Waals surface area contributed by atoms with E-state index in [1.807, 2.05) is 24.3 Å². The molecular formula is C14H10ClF. The lowest BCUT2D eigenvalue weighted by atomic mass is 10.0. The quantitative estimate of drug-likeness (QED) is 0.699. The number of hydrogen-bond donors (Lipinski definition) is 0. The van der Waals surface area contributed by atoms with E-state index in [0.29, 0.717) is 5.02 Å². The van der Waals surface area contributed by atoms with Gasteiger partial charge >= 0.3 is 0 Å². The molecule has 0 radical (unpaired) electrons. The van der Waals surface area contributed by atoms with Gasteiger partial charge in [0.15, 0.2) is 0 Å². The Labute approximate surface area is 99.0 Å². The van der Waals surface area contributed by atoms with Gasteiger partial charge in [0.05, 0.1) is 0 Å². The highest BCUT2D eigenvalue weighted by Crippen LogP contribution is 2.29. The monoisotopic (exact) mass is 232 g/mol. The summed E-state index contributed by atoms with van der Waals surface area (Å²) in [5.74, 6) is -0.285. The zero-order valence-electron chi connectivity index (χ0n) is 8.58. The molecular weight excluding hydrogens is 223 g/mol. The van der Waals surface area contributed by atoms with Gasteiger partial charge in [-0.2, -0.15) is 0 Å². The van der Waals surface area contributed by atoms with Crippen LogP contribution < -0.4 is 0 Å². The van der Waals surface area contributed by atoms with Crippen molar-refractivity contribution in [3.05, 3.63) is 65.4 Å². The van der Waals surface area contributed by atoms with E-state index >= 15 is 0 Å². The molecule has 0 aliphatic carbocycles. The standard InChI is InChI=1S/C14H10ClF/c1-2-10-7-11(9-12(16)8-10)13-5-3-4-6-14(13)15/h2-9H,1H2. The smallest absolute Gasteiger partial charge is 0.124 e. The van der Waals surface area contributed by atoms with E-state index in [9.17, 15) is 4.39 Å². The molecule has 0 atom stereocenters. The molecule has 2 aromatic rings. The van der Waals surface area contributed by atoms with Gasteiger partial charge in [-0.15, -0.1) is 0 Å². The summed E-state index contributed by atoms with van der Waals surface area (Å²) < 4.78 is 13.3. The molecule has 0 nitrogen and oxygen atoms in total. The third-order valence-electron chi connectivity index (χ3n) is 2.34. The van der Waals surface area contributed by atoms with E-state index in [4.69, 9.17) is 11.6 Å². The van der Waals surface area contributed by atoms with Crippen molar-refractivity contribution in [3.8, 4) is 11.1 Å². The molecule has 0 fully saturated rings. The van der Waals surface area contributed by atoms with Crippen molar-refractivity contribution in [2.24, 2.45) is 0 Å². The van der Waals surface area contributed by atoms with Crippen LogP contribution in [0.2, 0.25) is 5.02 Å². The summed E-state index contributed by atoms with van der Waals surface area (Å²) in [6, 6.07) is 12.1. The Balaban J connectivity index is 2.60. The van der Waals surface area contributed by atoms with E-state index in [-0.39, 0.29) is 5.82 Å². The second-order valence-corrected chi connectivity index (χ2v) is 3.86. The first-order valence-electron chi connectivity index (χ1n) is 4.88. The molecule has 2 aromatic carbocycles. The highest BCUT2D eigenvalue weighted by Gasteiger charge is 2.04. The van der Waals surface area contributed by atoms with Gasteiger partial charge in [0.25, 0.3) is 0 Å². The van der Waals surface area contributed by atoms with Gasteiger partial charge in [-0.25, -0.2) is 4.39 Å². The average Bonchev–Trinajstić information content (AvgIpc) is 2.28. The normalized spacial score (nSPS) is 10.1. The summed E-state index contributed by atoms with van der Waals surface area (Å²) >= 11 is 6.06. The number of benzene rings is 2. The molecule has 0 aliphatic heterocycles. The topological polar surface area (TPSA) is 0 Å². The molecule has 0 heterocycles. The summed E-state index contributed by atoms with van der Waals surface area (Å²) in [5, 5.41) is 0.614. The lowest BCUT2D eigenvalue weighted by Gasteiger charge is -2.05. The van der Waals surface area contributed by atoms with E-state index in [0.717, 1.165) is 16.7 Å². The molecule has 0 saturated carbocycles. The van der Waals surface area contributed by atoms with Gasteiger partial charge < -0.3 is 0 Å². The van der Waals surface area contributed by atoms with Crippen molar-refractivity contribution in [2.75, 3.05) is 0 Å². The Morgan fingerprint density at radius 2 is 1.88 bits per heavy atom. The highest BCUT2D eigenvalue weighted by atomic mass is 35.5. The highest BCUT2D eigenvalue weighted by molar-refractivity contribution is 6.33. The molecule has 0 aromatic heterocycles. The molecule has 16 heavy (non-hydrogen) atoms. The molecule has 2 rings (SSSR count). The summed E-state index contributed by atoms with van der Waals surface area (Å²) in [4.78, 5) is 0. The summed E-state index contributed by atoms with van der Waals surface area (Å²) in [6.45, 7) is 3.63. The Bertz CT molecular complexity index is 532. The fourth-order valence-electron chi connectivity index (χ4n) is 1.58. The molecule has 0 saturated heterocycles. The Hall–Kier alpha value is -1.60. The van der Waals surface area contributed by atoms with Crippen LogP contribution in [0.5, 0.6) is 0 Å². The lowest BCUT2D eigenvalue weighted by Crippen LogP contribution is -1.84. The van der Waals surface area contributed by atoms with Gasteiger partial charge in [0, 0.05) is 10.6 Å². The third-order valence-corrected chi connectivity index (χ3v) is 2.67. The van der Waals surface area contributed by atoms with Gasteiger partial charge in [0.2, 0.25) is 0 Å². The van der Waals surface area contributed by atoms with Crippen LogP contribution in [0.1, 0.15) is 5.56 Å². The third kappa shape index (κ3) is 2.15. The second kappa shape index (κ2) is 4.50. The summed E-state index contributed by atoms with van der Waals surface area (Å²) in [5.41, 5.74) is 2.34. The summed E-state index contributed by atoms with van der Waals surface area (Å²) in [6.07, 6.45) is 1.61. The van der Waals surface area contributed by atoms with Crippen molar-refractivity contribution < 1.29 is 4.39 Å². The SMILES string of the molecule is C=Cc1cc(F)cc(-c2ccccc2Cl)c1. The van der Waals surface area contributed by atoms with Crippen molar-refractivity contribution in [3.63, 3.8) is 0 Å². The lowest BCUT2D eigenvalue weighted by molar-refractivity contribution is 0.628. The fraction of sp³-hybridized carbons (Fsp3) is 0. The van der Waals surface area contributed by atoms with Crippen LogP contribution in [-0.2, 0) is 0 Å². The van der Waals surface area contributed by atoms with Crippen LogP contribution >= 0.6 is 11.6 Å². The Morgan fingerprint density at radius 1 is 1.12 bits per heavy atom. The number of halogens is 2. The zero-order valence-corrected chi connectivity index (χ0v) is 9.34. The average molecular weight is 233 g/mol. The first-order chi connectivity index (χ1) is 7.70. The maximum atomic E-state index is 13.3.